The van der Waals surface area contributed by atoms with Gasteiger partial charge in [0.05, 0.1) is 3.57 Å². The van der Waals surface area contributed by atoms with Crippen molar-refractivity contribution in [1.82, 2.24) is 19.7 Å². The minimum absolute atomic E-state index is 0.354. The maximum absolute atomic E-state index is 5.92. The molecule has 15 heavy (non-hydrogen) atoms. The van der Waals surface area contributed by atoms with Gasteiger partial charge in [0, 0.05) is 13.2 Å². The van der Waals surface area contributed by atoms with Gasteiger partial charge in [-0.3, -0.25) is 4.68 Å². The molecule has 2 aromatic heterocycles. The van der Waals surface area contributed by atoms with E-state index in [4.69, 9.17) is 23.2 Å². The second kappa shape index (κ2) is 4.23. The summed E-state index contributed by atoms with van der Waals surface area (Å²) < 4.78 is 2.32. The van der Waals surface area contributed by atoms with E-state index in [0.29, 0.717) is 19.7 Å². The van der Waals surface area contributed by atoms with Crippen LogP contribution in [0.4, 0.5) is 0 Å². The Bertz CT molecular complexity index is 488. The molecule has 2 heterocycles. The van der Waals surface area contributed by atoms with Crippen LogP contribution >= 0.6 is 45.8 Å². The van der Waals surface area contributed by atoms with Crippen molar-refractivity contribution in [2.45, 2.75) is 0 Å². The average molecular weight is 355 g/mol. The quantitative estimate of drug-likeness (QED) is 0.584. The monoisotopic (exact) mass is 354 g/mol. The van der Waals surface area contributed by atoms with Crippen LogP contribution in [0.1, 0.15) is 0 Å². The first-order chi connectivity index (χ1) is 7.09. The van der Waals surface area contributed by atoms with Crippen molar-refractivity contribution in [3.05, 3.63) is 26.1 Å². The molecule has 7 heteroatoms. The van der Waals surface area contributed by atoms with Gasteiger partial charge in [-0.25, -0.2) is 9.97 Å². The third kappa shape index (κ3) is 2.09. The predicted octanol–water partition coefficient (Wildman–Crippen LogP) is 2.79. The lowest BCUT2D eigenvalue weighted by Gasteiger charge is -2.03. The third-order valence-corrected chi connectivity index (χ3v) is 4.03. The Hall–Kier alpha value is -0.400. The lowest BCUT2D eigenvalue weighted by molar-refractivity contribution is 0.769. The minimum Gasteiger partial charge on any atom is -0.265 e. The lowest BCUT2D eigenvalue weighted by atomic mass is 10.4. The highest BCUT2D eigenvalue weighted by molar-refractivity contribution is 14.1. The Morgan fingerprint density at radius 2 is 1.87 bits per heavy atom. The SMILES string of the molecule is Cn1nccc1-c1nc(Cl)c(I)c(Cl)n1. The van der Waals surface area contributed by atoms with Crippen LogP contribution in [-0.4, -0.2) is 19.7 Å². The van der Waals surface area contributed by atoms with E-state index in [1.807, 2.05) is 22.6 Å². The Kier molecular flexibility index (Phi) is 3.13. The summed E-state index contributed by atoms with van der Waals surface area (Å²) in [5.41, 5.74) is 0.773. The Labute approximate surface area is 110 Å². The highest BCUT2D eigenvalue weighted by Gasteiger charge is 2.12. The van der Waals surface area contributed by atoms with E-state index in [2.05, 4.69) is 15.1 Å². The summed E-state index contributed by atoms with van der Waals surface area (Å²) in [6.07, 6.45) is 1.67. The smallest absolute Gasteiger partial charge is 0.180 e. The van der Waals surface area contributed by atoms with Crippen molar-refractivity contribution >= 4 is 45.8 Å². The largest absolute Gasteiger partial charge is 0.265 e. The number of nitrogens with zero attached hydrogens (tertiary/aromatic N) is 4. The molecule has 0 unspecified atom stereocenters. The number of aromatic nitrogens is 4. The molecular weight excluding hydrogens is 350 g/mol. The molecule has 0 bridgehead atoms. The maximum atomic E-state index is 5.92. The van der Waals surface area contributed by atoms with Gasteiger partial charge in [0.1, 0.15) is 16.0 Å². The standard InChI is InChI=1S/C8H5Cl2IN4/c1-15-4(2-3-12-15)8-13-6(9)5(11)7(10)14-8/h2-3H,1H3. The summed E-state index contributed by atoms with van der Waals surface area (Å²) in [5, 5.41) is 4.73. The van der Waals surface area contributed by atoms with Crippen LogP contribution in [0.25, 0.3) is 11.5 Å². The fourth-order valence-electron chi connectivity index (χ4n) is 1.10. The fraction of sp³-hybridized carbons (Fsp3) is 0.125. The molecule has 0 fully saturated rings. The van der Waals surface area contributed by atoms with Gasteiger partial charge >= 0.3 is 0 Å². The molecule has 0 aliphatic rings. The third-order valence-electron chi connectivity index (χ3n) is 1.82. The maximum Gasteiger partial charge on any atom is 0.180 e. The van der Waals surface area contributed by atoms with E-state index >= 15 is 0 Å². The topological polar surface area (TPSA) is 43.6 Å². The lowest BCUT2D eigenvalue weighted by Crippen LogP contribution is -1.99. The first kappa shape index (κ1) is 11.1. The van der Waals surface area contributed by atoms with Crippen LogP contribution in [0.3, 0.4) is 0 Å². The van der Waals surface area contributed by atoms with Crippen LogP contribution in [-0.2, 0) is 7.05 Å². The first-order valence-electron chi connectivity index (χ1n) is 3.96. The van der Waals surface area contributed by atoms with Crippen LogP contribution in [0.5, 0.6) is 0 Å². The van der Waals surface area contributed by atoms with Crippen LogP contribution < -0.4 is 0 Å². The minimum atomic E-state index is 0.354. The number of rotatable bonds is 1. The zero-order chi connectivity index (χ0) is 11.0. The first-order valence-corrected chi connectivity index (χ1v) is 5.80. The summed E-state index contributed by atoms with van der Waals surface area (Å²) in [5.74, 6) is 0.477. The highest BCUT2D eigenvalue weighted by atomic mass is 127. The molecule has 0 aromatic carbocycles. The molecule has 0 atom stereocenters. The molecule has 78 valence electrons. The second-order valence-electron chi connectivity index (χ2n) is 2.78. The van der Waals surface area contributed by atoms with E-state index < -0.39 is 0 Å². The van der Waals surface area contributed by atoms with E-state index in [1.165, 1.54) is 0 Å². The van der Waals surface area contributed by atoms with E-state index in [9.17, 15) is 0 Å². The van der Waals surface area contributed by atoms with Crippen LogP contribution in [0.15, 0.2) is 12.3 Å². The van der Waals surface area contributed by atoms with Crippen molar-refractivity contribution in [1.29, 1.82) is 0 Å². The number of aryl methyl sites for hydroxylation is 1. The van der Waals surface area contributed by atoms with Crippen molar-refractivity contribution in [2.24, 2.45) is 7.05 Å². The van der Waals surface area contributed by atoms with E-state index in [1.54, 1.807) is 24.0 Å². The van der Waals surface area contributed by atoms with Crippen molar-refractivity contribution in [3.63, 3.8) is 0 Å². The highest BCUT2D eigenvalue weighted by Crippen LogP contribution is 2.26. The normalized spacial score (nSPS) is 10.7. The zero-order valence-electron chi connectivity index (χ0n) is 7.58. The van der Waals surface area contributed by atoms with E-state index in [-0.39, 0.29) is 0 Å². The molecule has 0 N–H and O–H groups in total. The second-order valence-corrected chi connectivity index (χ2v) is 4.58. The number of hydrogen-bond donors (Lipinski definition) is 0. The number of hydrogen-bond acceptors (Lipinski definition) is 3. The molecule has 0 aliphatic heterocycles. The molecule has 4 nitrogen and oxygen atoms in total. The molecule has 2 rings (SSSR count). The molecule has 0 spiro atoms. The summed E-state index contributed by atoms with van der Waals surface area (Å²) in [6.45, 7) is 0. The van der Waals surface area contributed by atoms with Gasteiger partial charge in [-0.2, -0.15) is 5.10 Å². The number of halogens is 3. The van der Waals surface area contributed by atoms with Gasteiger partial charge < -0.3 is 0 Å². The predicted molar refractivity (Wildman–Crippen MR) is 67.0 cm³/mol. The Morgan fingerprint density at radius 1 is 1.27 bits per heavy atom. The van der Waals surface area contributed by atoms with Gasteiger partial charge in [-0.15, -0.1) is 0 Å². The molecule has 0 aliphatic carbocycles. The summed E-state index contributed by atoms with van der Waals surface area (Å²) in [7, 11) is 1.80. The molecular formula is C8H5Cl2IN4. The Balaban J connectivity index is 2.60. The summed E-state index contributed by atoms with van der Waals surface area (Å²) in [4.78, 5) is 8.28. The summed E-state index contributed by atoms with van der Waals surface area (Å²) in [6, 6.07) is 1.80. The van der Waals surface area contributed by atoms with Gasteiger partial charge in [0.2, 0.25) is 0 Å². The molecule has 0 radical (unpaired) electrons. The fourth-order valence-corrected chi connectivity index (χ4v) is 1.73. The average Bonchev–Trinajstić information content (AvgIpc) is 2.60. The molecule has 2 aromatic rings. The molecule has 0 amide bonds. The van der Waals surface area contributed by atoms with Crippen molar-refractivity contribution in [3.8, 4) is 11.5 Å². The van der Waals surface area contributed by atoms with Gasteiger partial charge in [0.25, 0.3) is 0 Å². The molecule has 0 saturated carbocycles. The van der Waals surface area contributed by atoms with Crippen LogP contribution in [0.2, 0.25) is 10.3 Å². The zero-order valence-corrected chi connectivity index (χ0v) is 11.2. The van der Waals surface area contributed by atoms with Gasteiger partial charge in [-0.05, 0) is 28.7 Å². The van der Waals surface area contributed by atoms with Crippen LogP contribution in [0, 0.1) is 3.57 Å². The van der Waals surface area contributed by atoms with Gasteiger partial charge in [0.15, 0.2) is 5.82 Å². The van der Waals surface area contributed by atoms with Gasteiger partial charge in [-0.1, -0.05) is 23.2 Å². The molecule has 0 saturated heterocycles. The van der Waals surface area contributed by atoms with Crippen molar-refractivity contribution < 1.29 is 0 Å². The van der Waals surface area contributed by atoms with E-state index in [0.717, 1.165) is 5.69 Å². The van der Waals surface area contributed by atoms with Crippen molar-refractivity contribution in [2.75, 3.05) is 0 Å². The Morgan fingerprint density at radius 3 is 2.33 bits per heavy atom. The summed E-state index contributed by atoms with van der Waals surface area (Å²) >= 11 is 13.8.